The minimum atomic E-state index is -0.723. The average Bonchev–Trinajstić information content (AvgIpc) is 3.53. The number of nitrogens with one attached hydrogen (secondary N) is 2. The van der Waals surface area contributed by atoms with Crippen LogP contribution in [0.3, 0.4) is 0 Å². The van der Waals surface area contributed by atoms with Gasteiger partial charge in [0.05, 0.1) is 18.1 Å². The molecule has 1 aliphatic rings. The molecule has 2 heterocycles. The lowest BCUT2D eigenvalue weighted by Gasteiger charge is -2.28. The van der Waals surface area contributed by atoms with Crippen LogP contribution in [0.25, 0.3) is 22.2 Å². The Kier molecular flexibility index (Phi) is 7.09. The Morgan fingerprint density at radius 2 is 1.74 bits per heavy atom. The summed E-state index contributed by atoms with van der Waals surface area (Å²) in [5.41, 5.74) is 5.19. The molecule has 2 N–H and O–H groups in total. The van der Waals surface area contributed by atoms with Gasteiger partial charge in [0.25, 0.3) is 5.91 Å². The van der Waals surface area contributed by atoms with Crippen molar-refractivity contribution in [3.8, 4) is 16.9 Å². The van der Waals surface area contributed by atoms with Gasteiger partial charge in [-0.25, -0.2) is 14.2 Å². The monoisotopic (exact) mass is 578 g/mol. The van der Waals surface area contributed by atoms with Crippen molar-refractivity contribution in [3.05, 3.63) is 113 Å². The Morgan fingerprint density at radius 3 is 2.47 bits per heavy atom. The van der Waals surface area contributed by atoms with Crippen molar-refractivity contribution in [3.63, 3.8) is 0 Å². The number of aromatic nitrogens is 2. The summed E-state index contributed by atoms with van der Waals surface area (Å²) >= 11 is 0. The zero-order valence-electron chi connectivity index (χ0n) is 24.3. The number of hydrogen-bond donors (Lipinski definition) is 2. The zero-order chi connectivity index (χ0) is 30.3. The maximum absolute atomic E-state index is 14.6. The Morgan fingerprint density at radius 1 is 1.00 bits per heavy atom. The number of benzene rings is 4. The highest BCUT2D eigenvalue weighted by atomic mass is 19.1. The van der Waals surface area contributed by atoms with E-state index in [2.05, 4.69) is 10.3 Å². The van der Waals surface area contributed by atoms with Gasteiger partial charge in [-0.1, -0.05) is 36.4 Å². The maximum Gasteiger partial charge on any atom is 0.412 e. The van der Waals surface area contributed by atoms with Gasteiger partial charge in [0, 0.05) is 23.4 Å². The molecule has 8 nitrogen and oxygen atoms in total. The Labute approximate surface area is 248 Å². The molecule has 1 aliphatic heterocycles. The van der Waals surface area contributed by atoms with E-state index in [9.17, 15) is 14.0 Å². The number of ether oxygens (including phenoxy) is 2. The molecule has 0 fully saturated rings. The number of amides is 2. The lowest BCUT2D eigenvalue weighted by Crippen LogP contribution is -2.31. The van der Waals surface area contributed by atoms with Gasteiger partial charge in [0.1, 0.15) is 29.0 Å². The Bertz CT molecular complexity index is 1810. The molecular weight excluding hydrogens is 547 g/mol. The molecule has 0 spiro atoms. The van der Waals surface area contributed by atoms with Crippen molar-refractivity contribution in [2.24, 2.45) is 0 Å². The lowest BCUT2D eigenvalue weighted by atomic mass is 10.00. The molecular formula is C34H31FN4O4. The number of aromatic amines is 1. The van der Waals surface area contributed by atoms with Gasteiger partial charge in [-0.05, 0) is 86.0 Å². The highest BCUT2D eigenvalue weighted by molar-refractivity contribution is 6.00. The number of carbonyl (C=O) groups is 2. The molecule has 0 saturated heterocycles. The number of rotatable bonds is 6. The van der Waals surface area contributed by atoms with Crippen molar-refractivity contribution < 1.29 is 23.5 Å². The van der Waals surface area contributed by atoms with Gasteiger partial charge in [-0.2, -0.15) is 0 Å². The lowest BCUT2D eigenvalue weighted by molar-refractivity contribution is 0.0635. The first kappa shape index (κ1) is 28.0. The number of carbonyl (C=O) groups excluding carboxylic acids is 2. The fourth-order valence-corrected chi connectivity index (χ4v) is 5.36. The van der Waals surface area contributed by atoms with Crippen LogP contribution in [-0.2, 0) is 11.3 Å². The first-order valence-corrected chi connectivity index (χ1v) is 13.9. The molecule has 5 aromatic rings. The van der Waals surface area contributed by atoms with Crippen molar-refractivity contribution in [2.45, 2.75) is 39.0 Å². The summed E-state index contributed by atoms with van der Waals surface area (Å²) in [6, 6.07) is 24.2. The first-order chi connectivity index (χ1) is 20.6. The Balaban J connectivity index is 1.32. The maximum atomic E-state index is 14.6. The van der Waals surface area contributed by atoms with E-state index in [0.717, 1.165) is 27.7 Å². The van der Waals surface area contributed by atoms with Gasteiger partial charge < -0.3 is 19.4 Å². The summed E-state index contributed by atoms with van der Waals surface area (Å²) in [4.78, 5) is 36.0. The summed E-state index contributed by atoms with van der Waals surface area (Å²) < 4.78 is 25.5. The zero-order valence-corrected chi connectivity index (χ0v) is 24.3. The molecule has 43 heavy (non-hydrogen) atoms. The number of fused-ring (bicyclic) bond motifs is 2. The number of anilines is 1. The number of imidazole rings is 1. The van der Waals surface area contributed by atoms with Gasteiger partial charge in [-0.15, -0.1) is 0 Å². The third-order valence-corrected chi connectivity index (χ3v) is 7.27. The van der Waals surface area contributed by atoms with Crippen molar-refractivity contribution in [1.82, 2.24) is 14.9 Å². The fraction of sp³-hybridized carbons (Fsp3) is 0.206. The van der Waals surface area contributed by atoms with Crippen molar-refractivity contribution in [2.75, 3.05) is 12.4 Å². The van der Waals surface area contributed by atoms with E-state index in [1.807, 2.05) is 54.6 Å². The predicted molar refractivity (Wildman–Crippen MR) is 162 cm³/mol. The average molecular weight is 579 g/mol. The molecule has 0 aliphatic carbocycles. The standard InChI is InChI=1S/C34H31FN4O4/c1-34(2,3)43-33(41)36-24-14-11-20(12-15-24)21-9-10-22-19-39(32(40)25(22)17-21)30(26-18-23(35)13-16-29(26)42-4)31-37-27-7-5-6-8-28(27)38-31/h5-18,30H,19H2,1-4H3,(H,36,41)(H,37,38). The third-order valence-electron chi connectivity index (χ3n) is 7.27. The Hall–Kier alpha value is -5.18. The van der Waals surface area contributed by atoms with Gasteiger partial charge in [-0.3, -0.25) is 10.1 Å². The quantitative estimate of drug-likeness (QED) is 0.218. The fourth-order valence-electron chi connectivity index (χ4n) is 5.36. The van der Waals surface area contributed by atoms with E-state index in [1.54, 1.807) is 43.9 Å². The van der Waals surface area contributed by atoms with Crippen molar-refractivity contribution >= 4 is 28.7 Å². The number of methoxy groups -OCH3 is 1. The largest absolute Gasteiger partial charge is 0.496 e. The molecule has 1 aromatic heterocycles. The molecule has 2 amide bonds. The van der Waals surface area contributed by atoms with Crippen LogP contribution in [0.4, 0.5) is 14.9 Å². The van der Waals surface area contributed by atoms with E-state index in [4.69, 9.17) is 14.5 Å². The van der Waals surface area contributed by atoms with Crippen molar-refractivity contribution in [1.29, 1.82) is 0 Å². The normalized spacial score (nSPS) is 13.6. The molecule has 4 aromatic carbocycles. The number of H-pyrrole nitrogens is 1. The SMILES string of the molecule is COc1ccc(F)cc1C(c1nc2ccccc2[nH]1)N1Cc2ccc(-c3ccc(NC(=O)OC(C)(C)C)cc3)cc2C1=O. The molecule has 0 bridgehead atoms. The second-order valence-electron chi connectivity index (χ2n) is 11.4. The second-order valence-corrected chi connectivity index (χ2v) is 11.4. The summed E-state index contributed by atoms with van der Waals surface area (Å²) in [7, 11) is 1.52. The van der Waals surface area contributed by atoms with Crippen LogP contribution in [-0.4, -0.2) is 39.6 Å². The van der Waals surface area contributed by atoms with Crippen LogP contribution in [0, 0.1) is 5.82 Å². The summed E-state index contributed by atoms with van der Waals surface area (Å²) in [6.45, 7) is 5.73. The predicted octanol–water partition coefficient (Wildman–Crippen LogP) is 7.47. The van der Waals surface area contributed by atoms with Crippen LogP contribution < -0.4 is 10.1 Å². The second kappa shape index (κ2) is 10.9. The molecule has 9 heteroatoms. The molecule has 0 saturated carbocycles. The number of nitrogens with zero attached hydrogens (tertiary/aromatic N) is 2. The number of para-hydroxylation sites is 2. The molecule has 1 unspecified atom stereocenters. The van der Waals surface area contributed by atoms with E-state index in [-0.39, 0.29) is 5.91 Å². The van der Waals surface area contributed by atoms with E-state index < -0.39 is 23.6 Å². The summed E-state index contributed by atoms with van der Waals surface area (Å²) in [5.74, 6) is 0.334. The summed E-state index contributed by atoms with van der Waals surface area (Å²) in [6.07, 6.45) is -0.530. The molecule has 218 valence electrons. The number of hydrogen-bond acceptors (Lipinski definition) is 5. The molecule has 1 atom stereocenters. The van der Waals surface area contributed by atoms with E-state index in [1.165, 1.54) is 19.2 Å². The minimum Gasteiger partial charge on any atom is -0.496 e. The van der Waals surface area contributed by atoms with Crippen LogP contribution in [0.2, 0.25) is 0 Å². The van der Waals surface area contributed by atoms with Crippen LogP contribution in [0.1, 0.15) is 54.1 Å². The topological polar surface area (TPSA) is 96.6 Å². The highest BCUT2D eigenvalue weighted by Gasteiger charge is 2.38. The van der Waals surface area contributed by atoms with Gasteiger partial charge in [0.15, 0.2) is 0 Å². The van der Waals surface area contributed by atoms with E-state index in [0.29, 0.717) is 34.9 Å². The third kappa shape index (κ3) is 5.66. The highest BCUT2D eigenvalue weighted by Crippen LogP contribution is 2.40. The van der Waals surface area contributed by atoms with Gasteiger partial charge in [0.2, 0.25) is 0 Å². The van der Waals surface area contributed by atoms with Crippen LogP contribution in [0.15, 0.2) is 84.9 Å². The van der Waals surface area contributed by atoms with Crippen LogP contribution >= 0.6 is 0 Å². The molecule has 6 rings (SSSR count). The smallest absolute Gasteiger partial charge is 0.412 e. The summed E-state index contributed by atoms with van der Waals surface area (Å²) in [5, 5.41) is 2.73. The minimum absolute atomic E-state index is 0.197. The molecule has 0 radical (unpaired) electrons. The van der Waals surface area contributed by atoms with Gasteiger partial charge >= 0.3 is 6.09 Å². The first-order valence-electron chi connectivity index (χ1n) is 13.9. The van der Waals surface area contributed by atoms with Crippen LogP contribution in [0.5, 0.6) is 5.75 Å². The number of halogens is 1. The van der Waals surface area contributed by atoms with E-state index >= 15 is 0 Å².